The molecule has 0 spiro atoms. The summed E-state index contributed by atoms with van der Waals surface area (Å²) in [4.78, 5) is 10.2. The lowest BCUT2D eigenvalue weighted by atomic mass is 10.1. The third kappa shape index (κ3) is 3.39. The van der Waals surface area contributed by atoms with E-state index < -0.39 is 5.82 Å². The van der Waals surface area contributed by atoms with Crippen molar-refractivity contribution in [1.29, 1.82) is 5.26 Å². The molecule has 1 aliphatic heterocycles. The van der Waals surface area contributed by atoms with Gasteiger partial charge in [0.25, 0.3) is 5.88 Å². The van der Waals surface area contributed by atoms with Crippen LogP contribution in [0.4, 0.5) is 10.1 Å². The lowest BCUT2D eigenvalue weighted by Crippen LogP contribution is -2.41. The van der Waals surface area contributed by atoms with Gasteiger partial charge in [-0.3, -0.25) is 4.98 Å². The molecule has 2 aromatic rings. The van der Waals surface area contributed by atoms with Gasteiger partial charge in [0.05, 0.1) is 17.8 Å². The normalized spacial score (nSPS) is 17.6. The molecule has 1 saturated heterocycles. The maximum absolute atomic E-state index is 13.7. The summed E-state index contributed by atoms with van der Waals surface area (Å²) in [5.74, 6) is -0.423. The van der Waals surface area contributed by atoms with E-state index in [-0.39, 0.29) is 12.0 Å². The molecule has 0 radical (unpaired) electrons. The molecule has 118 valence electrons. The van der Waals surface area contributed by atoms with Crippen molar-refractivity contribution in [3.05, 3.63) is 47.7 Å². The van der Waals surface area contributed by atoms with Gasteiger partial charge in [-0.1, -0.05) is 0 Å². The molecule has 0 aliphatic carbocycles. The van der Waals surface area contributed by atoms with Crippen LogP contribution in [0.5, 0.6) is 5.88 Å². The lowest BCUT2D eigenvalue weighted by molar-refractivity contribution is 0.164. The molecule has 1 aliphatic rings. The number of nitriles is 1. The predicted molar refractivity (Wildman–Crippen MR) is 83.7 cm³/mol. The Kier molecular flexibility index (Phi) is 4.38. The van der Waals surface area contributed by atoms with Gasteiger partial charge in [0.15, 0.2) is 5.82 Å². The average molecular weight is 312 g/mol. The fraction of sp³-hybridized carbons (Fsp3) is 0.353. The minimum atomic E-state index is -0.456. The number of aryl methyl sites for hydroxylation is 1. The lowest BCUT2D eigenvalue weighted by Gasteiger charge is -2.34. The highest BCUT2D eigenvalue weighted by molar-refractivity contribution is 5.59. The van der Waals surface area contributed by atoms with E-state index in [1.54, 1.807) is 6.20 Å². The summed E-state index contributed by atoms with van der Waals surface area (Å²) in [6, 6.07) is 6.95. The van der Waals surface area contributed by atoms with Crippen molar-refractivity contribution >= 4 is 5.69 Å². The highest BCUT2D eigenvalue weighted by Gasteiger charge is 2.24. The largest absolute Gasteiger partial charge is 0.470 e. The van der Waals surface area contributed by atoms with E-state index in [2.05, 4.69) is 20.9 Å². The minimum Gasteiger partial charge on any atom is -0.470 e. The van der Waals surface area contributed by atoms with Crippen LogP contribution in [0.15, 0.2) is 30.6 Å². The first-order valence-corrected chi connectivity index (χ1v) is 7.56. The van der Waals surface area contributed by atoms with Crippen molar-refractivity contribution in [3.8, 4) is 11.9 Å². The van der Waals surface area contributed by atoms with E-state index in [9.17, 15) is 9.65 Å². The standard InChI is InChI=1S/C17H17FN4O/c1-12-8-16(13(9-19)10-21-12)22-7-3-4-14(11-22)23-17-15(18)5-2-6-20-17/h2,5-6,8,10,14H,3-4,7,11H2,1H3. The molecule has 3 heterocycles. The van der Waals surface area contributed by atoms with Gasteiger partial charge < -0.3 is 9.64 Å². The summed E-state index contributed by atoms with van der Waals surface area (Å²) in [5, 5.41) is 9.27. The van der Waals surface area contributed by atoms with Crippen LogP contribution in [0.25, 0.3) is 0 Å². The van der Waals surface area contributed by atoms with E-state index in [1.165, 1.54) is 18.3 Å². The Morgan fingerprint density at radius 2 is 2.30 bits per heavy atom. The topological polar surface area (TPSA) is 62.0 Å². The minimum absolute atomic E-state index is 0.0331. The quantitative estimate of drug-likeness (QED) is 0.872. The summed E-state index contributed by atoms with van der Waals surface area (Å²) in [6.45, 7) is 3.32. The number of anilines is 1. The number of aromatic nitrogens is 2. The smallest absolute Gasteiger partial charge is 0.250 e. The number of nitrogens with zero attached hydrogens (tertiary/aromatic N) is 4. The second-order valence-electron chi connectivity index (χ2n) is 5.57. The SMILES string of the molecule is Cc1cc(N2CCCC(Oc3ncccc3F)C2)c(C#N)cn1. The van der Waals surface area contributed by atoms with Crippen molar-refractivity contribution in [3.63, 3.8) is 0 Å². The summed E-state index contributed by atoms with van der Waals surface area (Å²) >= 11 is 0. The Bertz CT molecular complexity index is 744. The third-order valence-electron chi connectivity index (χ3n) is 3.86. The number of halogens is 1. The highest BCUT2D eigenvalue weighted by atomic mass is 19.1. The van der Waals surface area contributed by atoms with E-state index in [4.69, 9.17) is 4.74 Å². The molecule has 0 bridgehead atoms. The molecule has 3 rings (SSSR count). The maximum atomic E-state index is 13.7. The molecule has 0 amide bonds. The Morgan fingerprint density at radius 1 is 1.43 bits per heavy atom. The average Bonchev–Trinajstić information content (AvgIpc) is 2.57. The zero-order valence-electron chi connectivity index (χ0n) is 12.9. The van der Waals surface area contributed by atoms with Gasteiger partial charge in [-0.05, 0) is 38.0 Å². The number of piperidine rings is 1. The van der Waals surface area contributed by atoms with Crippen LogP contribution < -0.4 is 9.64 Å². The predicted octanol–water partition coefficient (Wildman–Crippen LogP) is 2.84. The van der Waals surface area contributed by atoms with Crippen LogP contribution in [0, 0.1) is 24.1 Å². The van der Waals surface area contributed by atoms with E-state index in [1.807, 2.05) is 13.0 Å². The molecular formula is C17H17FN4O. The molecular weight excluding hydrogens is 295 g/mol. The van der Waals surface area contributed by atoms with Crippen LogP contribution in [-0.4, -0.2) is 29.2 Å². The van der Waals surface area contributed by atoms with Crippen molar-refractivity contribution in [2.45, 2.75) is 25.9 Å². The van der Waals surface area contributed by atoms with E-state index in [0.29, 0.717) is 12.1 Å². The van der Waals surface area contributed by atoms with Gasteiger partial charge in [-0.25, -0.2) is 9.37 Å². The first kappa shape index (κ1) is 15.2. The molecule has 0 saturated carbocycles. The fourth-order valence-electron chi connectivity index (χ4n) is 2.76. The second kappa shape index (κ2) is 6.61. The van der Waals surface area contributed by atoms with Crippen LogP contribution >= 0.6 is 0 Å². The van der Waals surface area contributed by atoms with Crippen LogP contribution in [-0.2, 0) is 0 Å². The fourth-order valence-corrected chi connectivity index (χ4v) is 2.76. The van der Waals surface area contributed by atoms with E-state index in [0.717, 1.165) is 30.8 Å². The van der Waals surface area contributed by atoms with Crippen molar-refractivity contribution in [2.24, 2.45) is 0 Å². The molecule has 1 fully saturated rings. The zero-order chi connectivity index (χ0) is 16.2. The monoisotopic (exact) mass is 312 g/mol. The number of hydrogen-bond acceptors (Lipinski definition) is 5. The van der Waals surface area contributed by atoms with Crippen LogP contribution in [0.3, 0.4) is 0 Å². The summed E-state index contributed by atoms with van der Waals surface area (Å²) < 4.78 is 19.4. The van der Waals surface area contributed by atoms with E-state index >= 15 is 0 Å². The second-order valence-corrected chi connectivity index (χ2v) is 5.57. The van der Waals surface area contributed by atoms with Gasteiger partial charge in [0, 0.05) is 24.6 Å². The Balaban J connectivity index is 1.78. The summed E-state index contributed by atoms with van der Waals surface area (Å²) in [7, 11) is 0. The van der Waals surface area contributed by atoms with Gasteiger partial charge in [0.2, 0.25) is 0 Å². The summed E-state index contributed by atoms with van der Waals surface area (Å²) in [5.41, 5.74) is 2.26. The third-order valence-corrected chi connectivity index (χ3v) is 3.86. The summed E-state index contributed by atoms with van der Waals surface area (Å²) in [6.07, 6.45) is 4.68. The molecule has 5 nitrogen and oxygen atoms in total. The van der Waals surface area contributed by atoms with Crippen molar-refractivity contribution < 1.29 is 9.13 Å². The number of rotatable bonds is 3. The van der Waals surface area contributed by atoms with Gasteiger partial charge in [0.1, 0.15) is 12.2 Å². The first-order chi connectivity index (χ1) is 11.2. The Labute approximate surface area is 134 Å². The molecule has 1 atom stereocenters. The Morgan fingerprint density at radius 3 is 3.09 bits per heavy atom. The van der Waals surface area contributed by atoms with Crippen molar-refractivity contribution in [1.82, 2.24) is 9.97 Å². The molecule has 0 N–H and O–H groups in total. The zero-order valence-corrected chi connectivity index (χ0v) is 12.9. The highest BCUT2D eigenvalue weighted by Crippen LogP contribution is 2.26. The van der Waals surface area contributed by atoms with Crippen LogP contribution in [0.1, 0.15) is 24.1 Å². The molecule has 23 heavy (non-hydrogen) atoms. The van der Waals surface area contributed by atoms with Crippen molar-refractivity contribution in [2.75, 3.05) is 18.0 Å². The number of hydrogen-bond donors (Lipinski definition) is 0. The maximum Gasteiger partial charge on any atom is 0.250 e. The van der Waals surface area contributed by atoms with Gasteiger partial charge in [-0.2, -0.15) is 5.26 Å². The molecule has 2 aromatic heterocycles. The van der Waals surface area contributed by atoms with Gasteiger partial charge in [-0.15, -0.1) is 0 Å². The first-order valence-electron chi connectivity index (χ1n) is 7.56. The number of ether oxygens (including phenoxy) is 1. The number of pyridine rings is 2. The van der Waals surface area contributed by atoms with Gasteiger partial charge >= 0.3 is 0 Å². The Hall–Kier alpha value is -2.68. The molecule has 6 heteroatoms. The molecule has 1 unspecified atom stereocenters. The molecule has 0 aromatic carbocycles. The van der Waals surface area contributed by atoms with Crippen LogP contribution in [0.2, 0.25) is 0 Å².